The molecule has 1 atom stereocenters. The average Bonchev–Trinajstić information content (AvgIpc) is 3.80. The molecule has 0 amide bonds. The third-order valence-electron chi connectivity index (χ3n) is 10.2. The molecule has 0 saturated heterocycles. The van der Waals surface area contributed by atoms with Crippen molar-refractivity contribution in [3.63, 3.8) is 0 Å². The minimum Gasteiger partial charge on any atom is -0.477 e. The third-order valence-corrected chi connectivity index (χ3v) is 11.3. The average molecular weight is 714 g/mol. The zero-order valence-electron chi connectivity index (χ0n) is 29.8. The topological polar surface area (TPSA) is 78.5 Å². The van der Waals surface area contributed by atoms with Gasteiger partial charge in [0.2, 0.25) is 0 Å². The summed E-state index contributed by atoms with van der Waals surface area (Å²) in [5.41, 5.74) is 8.48. The van der Waals surface area contributed by atoms with Gasteiger partial charge in [-0.2, -0.15) is 5.26 Å². The first-order valence-electron chi connectivity index (χ1n) is 18.3. The normalized spacial score (nSPS) is 13.0. The summed E-state index contributed by atoms with van der Waals surface area (Å²) in [5.74, 6) is 0.380. The third kappa shape index (κ3) is 6.36. The highest BCUT2D eigenvalue weighted by atomic mass is 32.1. The number of carboxylic acid groups (broad SMARTS) is 1. The lowest BCUT2D eigenvalue weighted by molar-refractivity contribution is -0.132. The Kier molecular flexibility index (Phi) is 9.30. The van der Waals surface area contributed by atoms with Gasteiger partial charge in [-0.3, -0.25) is 0 Å². The van der Waals surface area contributed by atoms with Gasteiger partial charge in [-0.25, -0.2) is 4.79 Å². The Morgan fingerprint density at radius 3 is 2.04 bits per heavy atom. The molecule has 1 aliphatic rings. The van der Waals surface area contributed by atoms with Crippen LogP contribution in [0.5, 0.6) is 11.5 Å². The molecule has 1 unspecified atom stereocenters. The number of thiophene rings is 1. The number of hydrogen-bond donors (Lipinski definition) is 1. The Bertz CT molecular complexity index is 2500. The molecular formula is C46H39N3O3S. The molecule has 3 heterocycles. The molecule has 0 aliphatic carbocycles. The number of aromatic nitrogens is 1. The number of para-hydroxylation sites is 2. The van der Waals surface area contributed by atoms with Crippen molar-refractivity contribution in [2.24, 2.45) is 0 Å². The quantitative estimate of drug-likeness (QED) is 0.0820. The van der Waals surface area contributed by atoms with Crippen LogP contribution in [0.1, 0.15) is 50.8 Å². The number of rotatable bonds is 11. The highest BCUT2D eigenvalue weighted by Crippen LogP contribution is 2.51. The van der Waals surface area contributed by atoms with Gasteiger partial charge in [-0.1, -0.05) is 93.8 Å². The van der Waals surface area contributed by atoms with E-state index in [-0.39, 0.29) is 5.57 Å². The lowest BCUT2D eigenvalue weighted by atomic mass is 9.98. The molecule has 1 N–H and O–H groups in total. The van der Waals surface area contributed by atoms with Crippen LogP contribution in [-0.4, -0.2) is 21.7 Å². The van der Waals surface area contributed by atoms with E-state index in [0.717, 1.165) is 69.4 Å². The van der Waals surface area contributed by atoms with Gasteiger partial charge in [0, 0.05) is 32.3 Å². The number of fused-ring (bicyclic) bond motifs is 5. The minimum atomic E-state index is -1.23. The van der Waals surface area contributed by atoms with Crippen LogP contribution in [-0.2, 0) is 4.79 Å². The maximum absolute atomic E-state index is 11.4. The van der Waals surface area contributed by atoms with Crippen LogP contribution in [0.4, 0.5) is 11.4 Å². The first-order chi connectivity index (χ1) is 26.0. The van der Waals surface area contributed by atoms with Gasteiger partial charge < -0.3 is 19.3 Å². The molecule has 0 spiro atoms. The molecule has 1 aliphatic heterocycles. The van der Waals surface area contributed by atoms with Crippen LogP contribution in [0.3, 0.4) is 0 Å². The molecule has 6 nitrogen and oxygen atoms in total. The molecule has 8 rings (SSSR count). The molecule has 0 saturated carbocycles. The summed E-state index contributed by atoms with van der Waals surface area (Å²) in [4.78, 5) is 15.6. The fourth-order valence-electron chi connectivity index (χ4n) is 7.58. The van der Waals surface area contributed by atoms with Crippen LogP contribution in [0.25, 0.3) is 55.1 Å². The van der Waals surface area contributed by atoms with Crippen molar-refractivity contribution >= 4 is 56.6 Å². The summed E-state index contributed by atoms with van der Waals surface area (Å²) in [6.45, 7) is 4.51. The molecule has 7 aromatic rings. The number of nitrogens with zero attached hydrogens (tertiary/aromatic N) is 3. The van der Waals surface area contributed by atoms with Crippen LogP contribution in [0, 0.1) is 11.3 Å². The van der Waals surface area contributed by atoms with E-state index in [4.69, 9.17) is 4.74 Å². The van der Waals surface area contributed by atoms with E-state index in [1.54, 1.807) is 6.07 Å². The van der Waals surface area contributed by atoms with E-state index >= 15 is 0 Å². The maximum atomic E-state index is 11.4. The molecule has 7 heteroatoms. The predicted molar refractivity (Wildman–Crippen MR) is 218 cm³/mol. The fraction of sp³-hybridized carbons (Fsp3) is 0.174. The zero-order chi connectivity index (χ0) is 36.5. The number of unbranched alkanes of at least 4 members (excludes halogenated alkanes) is 2. The molecule has 0 radical (unpaired) electrons. The highest BCUT2D eigenvalue weighted by molar-refractivity contribution is 7.16. The predicted octanol–water partition coefficient (Wildman–Crippen LogP) is 12.8. The van der Waals surface area contributed by atoms with E-state index in [2.05, 4.69) is 133 Å². The summed E-state index contributed by atoms with van der Waals surface area (Å²) in [6, 6.07) is 44.7. The second kappa shape index (κ2) is 14.5. The molecule has 0 fully saturated rings. The van der Waals surface area contributed by atoms with Crippen molar-refractivity contribution in [3.05, 3.63) is 132 Å². The van der Waals surface area contributed by atoms with E-state index in [9.17, 15) is 15.2 Å². The first-order valence-corrected chi connectivity index (χ1v) is 19.1. The van der Waals surface area contributed by atoms with Crippen LogP contribution >= 0.6 is 11.3 Å². The summed E-state index contributed by atoms with van der Waals surface area (Å²) in [7, 11) is 0. The molecular weight excluding hydrogens is 675 g/mol. The van der Waals surface area contributed by atoms with Crippen LogP contribution in [0.2, 0.25) is 0 Å². The zero-order valence-corrected chi connectivity index (χ0v) is 30.6. The Labute approximate surface area is 313 Å². The Morgan fingerprint density at radius 1 is 0.792 bits per heavy atom. The number of hydrogen-bond acceptors (Lipinski definition) is 5. The van der Waals surface area contributed by atoms with E-state index in [0.29, 0.717) is 10.9 Å². The van der Waals surface area contributed by atoms with Gasteiger partial charge >= 0.3 is 5.97 Å². The summed E-state index contributed by atoms with van der Waals surface area (Å²) >= 11 is 1.45. The highest BCUT2D eigenvalue weighted by Gasteiger charge is 2.30. The van der Waals surface area contributed by atoms with Crippen molar-refractivity contribution in [3.8, 4) is 44.8 Å². The standard InChI is InChI=1S/C46H39N3O3S/c1-3-5-6-11-34(4-2)48-41-23-18-31(30-16-20-35(21-17-30)49-39-14-9-7-12-37(39)38-13-8-10-15-40(38)49)27-43(41)52-44-28-32(19-24-42(44)48)45-25-22-36(53-45)26-33(29-47)46(50)51/h7-10,12-28,34H,3-6,11H2,1-2H3,(H,50,51)/b33-26-. The second-order valence-electron chi connectivity index (χ2n) is 13.5. The van der Waals surface area contributed by atoms with Crippen molar-refractivity contribution in [1.29, 1.82) is 5.26 Å². The SMILES string of the molecule is CCCCCC(CC)N1c2ccc(-c3ccc(-n4c5ccccc5c5ccccc54)cc3)cc2Oc2cc(-c3ccc(/C=C(/C#N)C(=O)O)s3)ccc21. The van der Waals surface area contributed by atoms with Gasteiger partial charge in [0.05, 0.1) is 22.4 Å². The number of carboxylic acids is 1. The Hall–Kier alpha value is -6.10. The molecule has 262 valence electrons. The van der Waals surface area contributed by atoms with Crippen molar-refractivity contribution in [2.75, 3.05) is 4.90 Å². The smallest absolute Gasteiger partial charge is 0.346 e. The minimum absolute atomic E-state index is 0.287. The van der Waals surface area contributed by atoms with Crippen molar-refractivity contribution < 1.29 is 14.6 Å². The Morgan fingerprint density at radius 2 is 1.42 bits per heavy atom. The number of anilines is 2. The summed E-state index contributed by atoms with van der Waals surface area (Å²) < 4.78 is 9.11. The van der Waals surface area contributed by atoms with E-state index < -0.39 is 5.97 Å². The number of nitriles is 1. The van der Waals surface area contributed by atoms with Crippen LogP contribution < -0.4 is 9.64 Å². The summed E-state index contributed by atoms with van der Waals surface area (Å²) in [5, 5.41) is 21.1. The number of ether oxygens (including phenoxy) is 1. The van der Waals surface area contributed by atoms with Gasteiger partial charge in [0.1, 0.15) is 11.6 Å². The van der Waals surface area contributed by atoms with E-state index in [1.165, 1.54) is 52.1 Å². The van der Waals surface area contributed by atoms with Gasteiger partial charge in [0.25, 0.3) is 0 Å². The van der Waals surface area contributed by atoms with E-state index in [1.807, 2.05) is 12.1 Å². The Balaban J connectivity index is 1.16. The van der Waals surface area contributed by atoms with Crippen molar-refractivity contribution in [1.82, 2.24) is 4.57 Å². The summed E-state index contributed by atoms with van der Waals surface area (Å²) in [6.07, 6.45) is 7.05. The maximum Gasteiger partial charge on any atom is 0.346 e. The van der Waals surface area contributed by atoms with Gasteiger partial charge in [-0.15, -0.1) is 11.3 Å². The number of benzene rings is 5. The van der Waals surface area contributed by atoms with Gasteiger partial charge in [-0.05, 0) is 96.3 Å². The number of carbonyl (C=O) groups is 1. The molecule has 53 heavy (non-hydrogen) atoms. The van der Waals surface area contributed by atoms with Crippen LogP contribution in [0.15, 0.2) is 127 Å². The lowest BCUT2D eigenvalue weighted by Gasteiger charge is -2.39. The molecule has 2 aromatic heterocycles. The number of aliphatic carboxylic acids is 1. The molecule has 5 aromatic carbocycles. The first kappa shape index (κ1) is 34.0. The largest absolute Gasteiger partial charge is 0.477 e. The van der Waals surface area contributed by atoms with Crippen molar-refractivity contribution in [2.45, 2.75) is 52.0 Å². The second-order valence-corrected chi connectivity index (χ2v) is 14.6. The van der Waals surface area contributed by atoms with Gasteiger partial charge in [0.15, 0.2) is 11.5 Å². The lowest BCUT2D eigenvalue weighted by Crippen LogP contribution is -2.32. The molecule has 0 bridgehead atoms. The fourth-order valence-corrected chi connectivity index (χ4v) is 8.53. The monoisotopic (exact) mass is 713 g/mol.